The van der Waals surface area contributed by atoms with E-state index in [4.69, 9.17) is 4.98 Å². The Kier molecular flexibility index (Phi) is 8.02. The normalized spacial score (nSPS) is 16.8. The van der Waals surface area contributed by atoms with Gasteiger partial charge in [-0.15, -0.1) is 35.3 Å². The molecule has 3 heterocycles. The van der Waals surface area contributed by atoms with Gasteiger partial charge in [0.1, 0.15) is 10.8 Å². The van der Waals surface area contributed by atoms with Crippen LogP contribution in [0.4, 0.5) is 0 Å². The Hall–Kier alpha value is -1.23. The molecule has 1 unspecified atom stereocenters. The van der Waals surface area contributed by atoms with Gasteiger partial charge in [0.25, 0.3) is 0 Å². The maximum absolute atomic E-state index is 4.76. The summed E-state index contributed by atoms with van der Waals surface area (Å²) in [5, 5.41) is 12.6. The minimum Gasteiger partial charge on any atom is -0.352 e. The third-order valence-corrected chi connectivity index (χ3v) is 5.60. The Morgan fingerprint density at radius 1 is 1.37 bits per heavy atom. The van der Waals surface area contributed by atoms with Crippen LogP contribution in [-0.2, 0) is 25.9 Å². The molecule has 1 aliphatic rings. The molecule has 0 aliphatic carbocycles. The van der Waals surface area contributed by atoms with E-state index in [1.807, 2.05) is 4.68 Å². The maximum atomic E-state index is 4.76. The van der Waals surface area contributed by atoms with Crippen molar-refractivity contribution >= 4 is 41.3 Å². The number of aromatic nitrogens is 4. The zero-order chi connectivity index (χ0) is 18.7. The zero-order valence-electron chi connectivity index (χ0n) is 16.7. The molecular weight excluding hydrogens is 473 g/mol. The number of nitrogens with one attached hydrogen (secondary N) is 2. The molecule has 1 aliphatic heterocycles. The lowest BCUT2D eigenvalue weighted by Crippen LogP contribution is -2.46. The van der Waals surface area contributed by atoms with Gasteiger partial charge in [-0.25, -0.2) is 14.6 Å². The predicted octanol–water partition coefficient (Wildman–Crippen LogP) is 3.03. The first-order valence-electron chi connectivity index (χ1n) is 9.36. The number of halogens is 1. The number of guanidine groups is 1. The molecule has 2 aromatic rings. The minimum absolute atomic E-state index is 0. The number of fused-ring (bicyclic) bond motifs is 1. The van der Waals surface area contributed by atoms with Gasteiger partial charge >= 0.3 is 0 Å². The molecule has 0 amide bonds. The van der Waals surface area contributed by atoms with Crippen LogP contribution in [0.5, 0.6) is 0 Å². The Morgan fingerprint density at radius 3 is 2.78 bits per heavy atom. The number of hydrogen-bond donors (Lipinski definition) is 2. The average Bonchev–Trinajstić information content (AvgIpc) is 3.20. The smallest absolute Gasteiger partial charge is 0.191 e. The van der Waals surface area contributed by atoms with Crippen molar-refractivity contribution in [2.45, 2.75) is 72.0 Å². The Labute approximate surface area is 182 Å². The molecule has 7 nitrogen and oxygen atoms in total. The summed E-state index contributed by atoms with van der Waals surface area (Å²) in [5.41, 5.74) is 1.20. The predicted molar refractivity (Wildman–Crippen MR) is 121 cm³/mol. The highest BCUT2D eigenvalue weighted by Crippen LogP contribution is 2.23. The lowest BCUT2D eigenvalue weighted by atomic mass is 10.1. The molecule has 150 valence electrons. The quantitative estimate of drug-likeness (QED) is 0.373. The van der Waals surface area contributed by atoms with Crippen LogP contribution >= 0.6 is 35.3 Å². The van der Waals surface area contributed by atoms with Crippen LogP contribution in [0.3, 0.4) is 0 Å². The molecule has 0 saturated carbocycles. The van der Waals surface area contributed by atoms with Crippen LogP contribution in [0.1, 0.15) is 60.3 Å². The number of rotatable bonds is 5. The Morgan fingerprint density at radius 2 is 2.15 bits per heavy atom. The van der Waals surface area contributed by atoms with E-state index in [0.717, 1.165) is 48.4 Å². The lowest BCUT2D eigenvalue weighted by Gasteiger charge is -2.25. The maximum Gasteiger partial charge on any atom is 0.191 e. The van der Waals surface area contributed by atoms with Crippen LogP contribution in [0.25, 0.3) is 0 Å². The topological polar surface area (TPSA) is 80.0 Å². The monoisotopic (exact) mass is 503 g/mol. The highest BCUT2D eigenvalue weighted by molar-refractivity contribution is 14.0. The van der Waals surface area contributed by atoms with E-state index in [1.54, 1.807) is 18.4 Å². The van der Waals surface area contributed by atoms with Crippen molar-refractivity contribution in [3.8, 4) is 0 Å². The van der Waals surface area contributed by atoms with Gasteiger partial charge in [0.05, 0.1) is 18.8 Å². The number of hydrogen-bond acceptors (Lipinski definition) is 5. The van der Waals surface area contributed by atoms with Crippen LogP contribution in [0, 0.1) is 6.92 Å². The molecule has 0 aromatic carbocycles. The summed E-state index contributed by atoms with van der Waals surface area (Å²) in [7, 11) is 1.81. The molecule has 1 atom stereocenters. The summed E-state index contributed by atoms with van der Waals surface area (Å²) in [6.45, 7) is 10.1. The second kappa shape index (κ2) is 9.81. The fourth-order valence-electron chi connectivity index (χ4n) is 3.25. The van der Waals surface area contributed by atoms with Gasteiger partial charge in [-0.3, -0.25) is 4.99 Å². The van der Waals surface area contributed by atoms with E-state index >= 15 is 0 Å². The summed E-state index contributed by atoms with van der Waals surface area (Å²) >= 11 is 1.76. The molecule has 27 heavy (non-hydrogen) atoms. The highest BCUT2D eigenvalue weighted by atomic mass is 127. The zero-order valence-corrected chi connectivity index (χ0v) is 19.9. The molecule has 2 aromatic heterocycles. The number of aryl methyl sites for hydroxylation is 3. The number of aliphatic imine (C=N–C) groups is 1. The number of thiazole rings is 1. The molecule has 0 fully saturated rings. The summed E-state index contributed by atoms with van der Waals surface area (Å²) < 4.78 is 2.03. The van der Waals surface area contributed by atoms with Gasteiger partial charge in [0, 0.05) is 30.8 Å². The molecule has 2 N–H and O–H groups in total. The highest BCUT2D eigenvalue weighted by Gasteiger charge is 2.22. The first-order chi connectivity index (χ1) is 12.5. The summed E-state index contributed by atoms with van der Waals surface area (Å²) in [5.74, 6) is 3.31. The first-order valence-corrected chi connectivity index (χ1v) is 10.2. The van der Waals surface area contributed by atoms with Gasteiger partial charge in [0.2, 0.25) is 0 Å². The fourth-order valence-corrected chi connectivity index (χ4v) is 4.28. The SMILES string of the molecule is CCc1nc2n(n1)CC(NC(=NC)NCc1nc(C(C)C)c(C)s1)CC2.I. The van der Waals surface area contributed by atoms with Crippen molar-refractivity contribution in [1.29, 1.82) is 0 Å². The van der Waals surface area contributed by atoms with Gasteiger partial charge in [-0.05, 0) is 19.3 Å². The molecule has 3 rings (SSSR count). The third kappa shape index (κ3) is 5.40. The molecule has 0 radical (unpaired) electrons. The van der Waals surface area contributed by atoms with E-state index in [0.29, 0.717) is 18.5 Å². The van der Waals surface area contributed by atoms with Crippen LogP contribution < -0.4 is 10.6 Å². The van der Waals surface area contributed by atoms with Crippen molar-refractivity contribution in [2.75, 3.05) is 7.05 Å². The van der Waals surface area contributed by atoms with Crippen LogP contribution in [0.15, 0.2) is 4.99 Å². The standard InChI is InChI=1S/C18H29N7S.HI/c1-6-14-22-15-8-7-13(10-25(15)24-14)21-18(19-5)20-9-16-23-17(11(2)3)12(4)26-16;/h11,13H,6-10H2,1-5H3,(H2,19,20,21);1H. The first kappa shape index (κ1) is 22.1. The molecule has 9 heteroatoms. The minimum atomic E-state index is 0. The van der Waals surface area contributed by atoms with Crippen molar-refractivity contribution in [3.63, 3.8) is 0 Å². The third-order valence-electron chi connectivity index (χ3n) is 4.61. The van der Waals surface area contributed by atoms with Gasteiger partial charge in [0.15, 0.2) is 11.8 Å². The fraction of sp³-hybridized carbons (Fsp3) is 0.667. The van der Waals surface area contributed by atoms with E-state index in [9.17, 15) is 0 Å². The molecule has 0 saturated heterocycles. The van der Waals surface area contributed by atoms with E-state index in [-0.39, 0.29) is 24.0 Å². The largest absolute Gasteiger partial charge is 0.352 e. The van der Waals surface area contributed by atoms with Crippen molar-refractivity contribution in [1.82, 2.24) is 30.4 Å². The average molecular weight is 503 g/mol. The van der Waals surface area contributed by atoms with Gasteiger partial charge in [-0.1, -0.05) is 20.8 Å². The van der Waals surface area contributed by atoms with Crippen LogP contribution in [-0.4, -0.2) is 38.8 Å². The molecule has 0 spiro atoms. The lowest BCUT2D eigenvalue weighted by molar-refractivity contribution is 0.392. The Bertz CT molecular complexity index is 781. The molecular formula is C18H30IN7S. The van der Waals surface area contributed by atoms with E-state index in [2.05, 4.69) is 53.4 Å². The van der Waals surface area contributed by atoms with E-state index < -0.39 is 0 Å². The summed E-state index contributed by atoms with van der Waals surface area (Å²) in [4.78, 5) is 15.0. The molecule has 0 bridgehead atoms. The Balaban J connectivity index is 0.00000261. The number of nitrogens with zero attached hydrogens (tertiary/aromatic N) is 5. The second-order valence-electron chi connectivity index (χ2n) is 6.99. The van der Waals surface area contributed by atoms with E-state index in [1.165, 1.54) is 10.6 Å². The van der Waals surface area contributed by atoms with Crippen molar-refractivity contribution in [3.05, 3.63) is 27.2 Å². The van der Waals surface area contributed by atoms with Crippen LogP contribution in [0.2, 0.25) is 0 Å². The van der Waals surface area contributed by atoms with Crippen molar-refractivity contribution in [2.24, 2.45) is 4.99 Å². The summed E-state index contributed by atoms with van der Waals surface area (Å²) in [6, 6.07) is 0.310. The summed E-state index contributed by atoms with van der Waals surface area (Å²) in [6.07, 6.45) is 2.87. The van der Waals surface area contributed by atoms with Gasteiger partial charge in [-0.2, -0.15) is 5.10 Å². The second-order valence-corrected chi connectivity index (χ2v) is 8.28. The van der Waals surface area contributed by atoms with Gasteiger partial charge < -0.3 is 10.6 Å². The van der Waals surface area contributed by atoms with Crippen molar-refractivity contribution < 1.29 is 0 Å².